The Morgan fingerprint density at radius 3 is 2.77 bits per heavy atom. The molecule has 0 amide bonds. The minimum absolute atomic E-state index is 0.320. The highest BCUT2D eigenvalue weighted by Crippen LogP contribution is 2.16. The Hall–Kier alpha value is -0.120. The molecule has 1 heterocycles. The van der Waals surface area contributed by atoms with E-state index in [0.717, 1.165) is 19.5 Å². The molecule has 1 unspecified atom stereocenters. The first kappa shape index (κ1) is 11.0. The molecule has 0 aromatic carbocycles. The van der Waals surface area contributed by atoms with Gasteiger partial charge in [0.2, 0.25) is 0 Å². The molecule has 0 spiro atoms. The Kier molecular flexibility index (Phi) is 4.70. The van der Waals surface area contributed by atoms with E-state index >= 15 is 0 Å². The van der Waals surface area contributed by atoms with Crippen LogP contribution in [0.1, 0.15) is 26.7 Å². The van der Waals surface area contributed by atoms with E-state index in [9.17, 15) is 0 Å². The number of aliphatic hydroxyl groups excluding tert-OH is 1. The molecule has 1 atom stereocenters. The van der Waals surface area contributed by atoms with Gasteiger partial charge in [-0.3, -0.25) is 4.90 Å². The van der Waals surface area contributed by atoms with Crippen LogP contribution < -0.4 is 5.32 Å². The van der Waals surface area contributed by atoms with E-state index in [4.69, 9.17) is 5.11 Å². The second-order valence-electron chi connectivity index (χ2n) is 4.12. The first-order chi connectivity index (χ1) is 6.24. The lowest BCUT2D eigenvalue weighted by Gasteiger charge is -2.41. The monoisotopic (exact) mass is 186 g/mol. The quantitative estimate of drug-likeness (QED) is 0.632. The maximum atomic E-state index is 8.70. The van der Waals surface area contributed by atoms with Crippen LogP contribution in [0.15, 0.2) is 0 Å². The summed E-state index contributed by atoms with van der Waals surface area (Å²) in [4.78, 5) is 2.45. The molecule has 13 heavy (non-hydrogen) atoms. The highest BCUT2D eigenvalue weighted by atomic mass is 16.3. The molecule has 1 aliphatic rings. The second-order valence-corrected chi connectivity index (χ2v) is 4.12. The van der Waals surface area contributed by atoms with Crippen molar-refractivity contribution in [2.24, 2.45) is 0 Å². The Labute approximate surface area is 81.1 Å². The van der Waals surface area contributed by atoms with E-state index in [-0.39, 0.29) is 0 Å². The van der Waals surface area contributed by atoms with E-state index < -0.39 is 0 Å². The Morgan fingerprint density at radius 2 is 2.31 bits per heavy atom. The van der Waals surface area contributed by atoms with Gasteiger partial charge in [0, 0.05) is 38.3 Å². The van der Waals surface area contributed by atoms with E-state index in [1.54, 1.807) is 0 Å². The SMILES string of the molecule is CC(C)NCC1CCN1CCCO. The third-order valence-corrected chi connectivity index (χ3v) is 2.63. The molecule has 3 heteroatoms. The first-order valence-corrected chi connectivity index (χ1v) is 5.32. The summed E-state index contributed by atoms with van der Waals surface area (Å²) in [6, 6.07) is 1.30. The molecule has 1 aliphatic heterocycles. The fourth-order valence-electron chi connectivity index (χ4n) is 1.67. The zero-order valence-electron chi connectivity index (χ0n) is 8.79. The van der Waals surface area contributed by atoms with Crippen LogP contribution >= 0.6 is 0 Å². The van der Waals surface area contributed by atoms with Gasteiger partial charge in [-0.15, -0.1) is 0 Å². The fourth-order valence-corrected chi connectivity index (χ4v) is 1.67. The number of likely N-dealkylation sites (tertiary alicyclic amines) is 1. The summed E-state index contributed by atoms with van der Waals surface area (Å²) in [6.07, 6.45) is 2.23. The standard InChI is InChI=1S/C10H22N2O/c1-9(2)11-8-10-4-6-12(10)5-3-7-13/h9-11,13H,3-8H2,1-2H3. The summed E-state index contributed by atoms with van der Waals surface area (Å²) in [6.45, 7) is 8.04. The lowest BCUT2D eigenvalue weighted by molar-refractivity contribution is 0.0801. The number of rotatable bonds is 6. The molecule has 1 rings (SSSR count). The van der Waals surface area contributed by atoms with Crippen molar-refractivity contribution in [2.75, 3.05) is 26.2 Å². The minimum atomic E-state index is 0.320. The van der Waals surface area contributed by atoms with Crippen LogP contribution in [-0.2, 0) is 0 Å². The third kappa shape index (κ3) is 3.63. The van der Waals surface area contributed by atoms with Crippen molar-refractivity contribution >= 4 is 0 Å². The number of aliphatic hydroxyl groups is 1. The van der Waals surface area contributed by atoms with Crippen molar-refractivity contribution in [3.8, 4) is 0 Å². The van der Waals surface area contributed by atoms with Crippen LogP contribution in [-0.4, -0.2) is 48.3 Å². The van der Waals surface area contributed by atoms with Gasteiger partial charge in [-0.2, -0.15) is 0 Å². The summed E-state index contributed by atoms with van der Waals surface area (Å²) >= 11 is 0. The Morgan fingerprint density at radius 1 is 1.54 bits per heavy atom. The van der Waals surface area contributed by atoms with Gasteiger partial charge in [-0.05, 0) is 12.8 Å². The van der Waals surface area contributed by atoms with Gasteiger partial charge < -0.3 is 10.4 Å². The van der Waals surface area contributed by atoms with Crippen LogP contribution in [0.25, 0.3) is 0 Å². The highest BCUT2D eigenvalue weighted by Gasteiger charge is 2.26. The highest BCUT2D eigenvalue weighted by molar-refractivity contribution is 4.84. The van der Waals surface area contributed by atoms with E-state index in [0.29, 0.717) is 18.7 Å². The van der Waals surface area contributed by atoms with Crippen LogP contribution in [0.5, 0.6) is 0 Å². The average Bonchev–Trinajstić information content (AvgIpc) is 2.03. The number of hydrogen-bond donors (Lipinski definition) is 2. The number of nitrogens with one attached hydrogen (secondary N) is 1. The molecule has 3 nitrogen and oxygen atoms in total. The van der Waals surface area contributed by atoms with Crippen molar-refractivity contribution in [3.63, 3.8) is 0 Å². The van der Waals surface area contributed by atoms with Crippen molar-refractivity contribution in [1.82, 2.24) is 10.2 Å². The van der Waals surface area contributed by atoms with E-state index in [1.165, 1.54) is 13.0 Å². The summed E-state index contributed by atoms with van der Waals surface area (Å²) in [7, 11) is 0. The molecule has 1 fully saturated rings. The van der Waals surface area contributed by atoms with Crippen LogP contribution in [0, 0.1) is 0 Å². The van der Waals surface area contributed by atoms with Gasteiger partial charge in [-0.1, -0.05) is 13.8 Å². The van der Waals surface area contributed by atoms with Crippen LogP contribution in [0.4, 0.5) is 0 Å². The maximum absolute atomic E-state index is 8.70. The zero-order chi connectivity index (χ0) is 9.68. The molecular formula is C10H22N2O. The molecule has 2 N–H and O–H groups in total. The predicted molar refractivity (Wildman–Crippen MR) is 54.8 cm³/mol. The van der Waals surface area contributed by atoms with Crippen LogP contribution in [0.2, 0.25) is 0 Å². The number of hydrogen-bond acceptors (Lipinski definition) is 3. The topological polar surface area (TPSA) is 35.5 Å². The lowest BCUT2D eigenvalue weighted by atomic mass is 10.0. The van der Waals surface area contributed by atoms with Crippen molar-refractivity contribution < 1.29 is 5.11 Å². The minimum Gasteiger partial charge on any atom is -0.396 e. The number of nitrogens with zero attached hydrogens (tertiary/aromatic N) is 1. The fraction of sp³-hybridized carbons (Fsp3) is 1.00. The molecular weight excluding hydrogens is 164 g/mol. The lowest BCUT2D eigenvalue weighted by Crippen LogP contribution is -2.53. The molecule has 0 bridgehead atoms. The van der Waals surface area contributed by atoms with Crippen LogP contribution in [0.3, 0.4) is 0 Å². The molecule has 0 saturated carbocycles. The summed E-state index contributed by atoms with van der Waals surface area (Å²) in [5.74, 6) is 0. The Bertz CT molecular complexity index is 139. The van der Waals surface area contributed by atoms with E-state index in [1.807, 2.05) is 0 Å². The smallest absolute Gasteiger partial charge is 0.0443 e. The van der Waals surface area contributed by atoms with Gasteiger partial charge in [0.05, 0.1) is 0 Å². The first-order valence-electron chi connectivity index (χ1n) is 5.32. The Balaban J connectivity index is 2.06. The molecule has 0 radical (unpaired) electrons. The summed E-state index contributed by atoms with van der Waals surface area (Å²) < 4.78 is 0. The average molecular weight is 186 g/mol. The molecule has 0 aromatic heterocycles. The molecule has 1 saturated heterocycles. The zero-order valence-corrected chi connectivity index (χ0v) is 8.79. The van der Waals surface area contributed by atoms with Gasteiger partial charge in [0.15, 0.2) is 0 Å². The van der Waals surface area contributed by atoms with Gasteiger partial charge >= 0.3 is 0 Å². The molecule has 78 valence electrons. The summed E-state index contributed by atoms with van der Waals surface area (Å²) in [5, 5.41) is 12.1. The maximum Gasteiger partial charge on any atom is 0.0443 e. The van der Waals surface area contributed by atoms with Crippen molar-refractivity contribution in [2.45, 2.75) is 38.8 Å². The van der Waals surface area contributed by atoms with Crippen molar-refractivity contribution in [3.05, 3.63) is 0 Å². The van der Waals surface area contributed by atoms with Gasteiger partial charge in [-0.25, -0.2) is 0 Å². The summed E-state index contributed by atoms with van der Waals surface area (Å²) in [5.41, 5.74) is 0. The largest absolute Gasteiger partial charge is 0.396 e. The van der Waals surface area contributed by atoms with Gasteiger partial charge in [0.25, 0.3) is 0 Å². The molecule has 0 aliphatic carbocycles. The molecule has 0 aromatic rings. The van der Waals surface area contributed by atoms with Crippen molar-refractivity contribution in [1.29, 1.82) is 0 Å². The predicted octanol–water partition coefficient (Wildman–Crippen LogP) is 0.441. The second kappa shape index (κ2) is 5.58. The van der Waals surface area contributed by atoms with Gasteiger partial charge in [0.1, 0.15) is 0 Å². The normalized spacial score (nSPS) is 23.5. The third-order valence-electron chi connectivity index (χ3n) is 2.63. The van der Waals surface area contributed by atoms with E-state index in [2.05, 4.69) is 24.1 Å².